The summed E-state index contributed by atoms with van der Waals surface area (Å²) >= 11 is 0. The van der Waals surface area contributed by atoms with Crippen LogP contribution in [-0.2, 0) is 14.9 Å². The number of benzene rings is 2. The monoisotopic (exact) mass is 481 g/mol. The second-order valence-corrected chi connectivity index (χ2v) is 9.56. The molecule has 0 spiro atoms. The molecule has 2 aromatic rings. The molecule has 0 saturated carbocycles. The molecule has 1 N–H and O–H groups in total. The highest BCUT2D eigenvalue weighted by molar-refractivity contribution is 5.99. The van der Waals surface area contributed by atoms with Crippen molar-refractivity contribution in [1.29, 1.82) is 0 Å². The van der Waals surface area contributed by atoms with Crippen LogP contribution in [0, 0.1) is 10.1 Å². The highest BCUT2D eigenvalue weighted by Crippen LogP contribution is 2.37. The summed E-state index contributed by atoms with van der Waals surface area (Å²) in [5.74, 6) is 0.657. The third-order valence-corrected chi connectivity index (χ3v) is 7.32. The molecule has 2 fully saturated rings. The van der Waals surface area contributed by atoms with E-state index in [2.05, 4.69) is 17.1 Å². The SMILES string of the molecule is C[C@H]1CCCCN1CCCOc1ccc(NC(=O)C2(c3ccc([N+](=O)[O-])cc3)CCOCC2)cc1. The smallest absolute Gasteiger partial charge is 0.269 e. The summed E-state index contributed by atoms with van der Waals surface area (Å²) < 4.78 is 11.4. The average Bonchev–Trinajstić information content (AvgIpc) is 2.89. The predicted octanol–water partition coefficient (Wildman–Crippen LogP) is 4.93. The number of nitro benzene ring substituents is 1. The van der Waals surface area contributed by atoms with Crippen molar-refractivity contribution in [2.45, 2.75) is 56.9 Å². The zero-order valence-corrected chi connectivity index (χ0v) is 20.4. The minimum Gasteiger partial charge on any atom is -0.494 e. The lowest BCUT2D eigenvalue weighted by molar-refractivity contribution is -0.384. The Kier molecular flexibility index (Phi) is 8.36. The van der Waals surface area contributed by atoms with E-state index in [1.54, 1.807) is 12.1 Å². The molecular weight excluding hydrogens is 446 g/mol. The third-order valence-electron chi connectivity index (χ3n) is 7.32. The number of amides is 1. The van der Waals surface area contributed by atoms with Gasteiger partial charge in [-0.15, -0.1) is 0 Å². The normalized spacial score (nSPS) is 20.2. The number of ether oxygens (including phenoxy) is 2. The number of nitrogens with one attached hydrogen (secondary N) is 1. The van der Waals surface area contributed by atoms with Crippen molar-refractivity contribution < 1.29 is 19.2 Å². The minimum atomic E-state index is -0.784. The number of carbonyl (C=O) groups is 1. The van der Waals surface area contributed by atoms with Crippen molar-refractivity contribution >= 4 is 17.3 Å². The number of piperidine rings is 1. The van der Waals surface area contributed by atoms with Crippen molar-refractivity contribution in [3.8, 4) is 5.75 Å². The number of anilines is 1. The van der Waals surface area contributed by atoms with Crippen LogP contribution in [0.25, 0.3) is 0 Å². The molecule has 0 bridgehead atoms. The Morgan fingerprint density at radius 2 is 1.86 bits per heavy atom. The van der Waals surface area contributed by atoms with Crippen molar-refractivity contribution in [3.63, 3.8) is 0 Å². The first-order chi connectivity index (χ1) is 17.0. The Bertz CT molecular complexity index is 987. The van der Waals surface area contributed by atoms with Crippen molar-refractivity contribution in [2.24, 2.45) is 0 Å². The average molecular weight is 482 g/mol. The zero-order chi connectivity index (χ0) is 24.7. The fourth-order valence-electron chi connectivity index (χ4n) is 5.10. The zero-order valence-electron chi connectivity index (χ0n) is 20.4. The summed E-state index contributed by atoms with van der Waals surface area (Å²) in [4.78, 5) is 26.6. The first kappa shape index (κ1) is 25.1. The standard InChI is InChI=1S/C27H35N3O5/c1-21-5-2-3-16-29(21)17-4-18-35-25-12-8-23(9-13-25)28-26(31)27(14-19-34-20-15-27)22-6-10-24(11-7-22)30(32)33/h6-13,21H,2-5,14-20H2,1H3,(H,28,31)/t21-/m0/s1. The van der Waals surface area contributed by atoms with Crippen LogP contribution in [0.4, 0.5) is 11.4 Å². The first-order valence-electron chi connectivity index (χ1n) is 12.6. The largest absolute Gasteiger partial charge is 0.494 e. The molecule has 0 aromatic heterocycles. The van der Waals surface area contributed by atoms with E-state index < -0.39 is 10.3 Å². The van der Waals surface area contributed by atoms with Crippen LogP contribution in [-0.4, -0.2) is 54.7 Å². The Morgan fingerprint density at radius 3 is 2.51 bits per heavy atom. The van der Waals surface area contributed by atoms with Crippen LogP contribution in [0.3, 0.4) is 0 Å². The van der Waals surface area contributed by atoms with E-state index >= 15 is 0 Å². The van der Waals surface area contributed by atoms with Gasteiger partial charge in [-0.25, -0.2) is 0 Å². The van der Waals surface area contributed by atoms with Crippen molar-refractivity contribution in [2.75, 3.05) is 38.2 Å². The van der Waals surface area contributed by atoms with Gasteiger partial charge in [0.1, 0.15) is 5.75 Å². The minimum absolute atomic E-state index is 0.0115. The molecule has 2 aliphatic rings. The molecule has 1 atom stereocenters. The Hall–Kier alpha value is -2.97. The summed E-state index contributed by atoms with van der Waals surface area (Å²) in [7, 11) is 0. The van der Waals surface area contributed by atoms with Gasteiger partial charge in [-0.2, -0.15) is 0 Å². The molecule has 8 heteroatoms. The molecule has 2 saturated heterocycles. The topological polar surface area (TPSA) is 93.9 Å². The van der Waals surface area contributed by atoms with Crippen LogP contribution in [0.2, 0.25) is 0 Å². The summed E-state index contributed by atoms with van der Waals surface area (Å²) in [6.07, 6.45) is 5.94. The number of hydrogen-bond acceptors (Lipinski definition) is 6. The van der Waals surface area contributed by atoms with Gasteiger partial charge in [-0.3, -0.25) is 14.9 Å². The number of non-ortho nitro benzene ring substituents is 1. The maximum absolute atomic E-state index is 13.4. The van der Waals surface area contributed by atoms with E-state index in [1.165, 1.54) is 37.9 Å². The third kappa shape index (κ3) is 6.18. The second-order valence-electron chi connectivity index (χ2n) is 9.56. The van der Waals surface area contributed by atoms with Gasteiger partial charge in [-0.05, 0) is 75.4 Å². The number of nitro groups is 1. The maximum atomic E-state index is 13.4. The van der Waals surface area contributed by atoms with Crippen LogP contribution in [0.1, 0.15) is 51.0 Å². The first-order valence-corrected chi connectivity index (χ1v) is 12.6. The molecule has 1 amide bonds. The van der Waals surface area contributed by atoms with E-state index in [4.69, 9.17) is 9.47 Å². The van der Waals surface area contributed by atoms with Crippen molar-refractivity contribution in [3.05, 3.63) is 64.2 Å². The van der Waals surface area contributed by atoms with Gasteiger partial charge in [0, 0.05) is 43.6 Å². The number of hydrogen-bond donors (Lipinski definition) is 1. The van der Waals surface area contributed by atoms with E-state index in [1.807, 2.05) is 24.3 Å². The summed E-state index contributed by atoms with van der Waals surface area (Å²) in [6, 6.07) is 14.4. The Balaban J connectivity index is 1.34. The molecule has 0 radical (unpaired) electrons. The molecule has 4 rings (SSSR count). The van der Waals surface area contributed by atoms with E-state index in [0.717, 1.165) is 24.3 Å². The van der Waals surface area contributed by atoms with Crippen LogP contribution in [0.15, 0.2) is 48.5 Å². The van der Waals surface area contributed by atoms with E-state index in [0.29, 0.717) is 44.4 Å². The molecule has 0 unspecified atom stereocenters. The quantitative estimate of drug-likeness (QED) is 0.310. The lowest BCUT2D eigenvalue weighted by Gasteiger charge is -2.36. The van der Waals surface area contributed by atoms with Crippen LogP contribution >= 0.6 is 0 Å². The molecule has 188 valence electrons. The summed E-state index contributed by atoms with van der Waals surface area (Å²) in [6.45, 7) is 6.14. The van der Waals surface area contributed by atoms with Gasteiger partial charge in [0.2, 0.25) is 5.91 Å². The van der Waals surface area contributed by atoms with Gasteiger partial charge in [-0.1, -0.05) is 18.6 Å². The highest BCUT2D eigenvalue weighted by atomic mass is 16.6. The molecule has 35 heavy (non-hydrogen) atoms. The fourth-order valence-corrected chi connectivity index (χ4v) is 5.10. The fraction of sp³-hybridized carbons (Fsp3) is 0.519. The lowest BCUT2D eigenvalue weighted by atomic mass is 9.73. The maximum Gasteiger partial charge on any atom is 0.269 e. The number of nitrogens with zero attached hydrogens (tertiary/aromatic N) is 2. The summed E-state index contributed by atoms with van der Waals surface area (Å²) in [5.41, 5.74) is 0.690. The van der Waals surface area contributed by atoms with Gasteiger partial charge in [0.05, 0.1) is 16.9 Å². The molecule has 8 nitrogen and oxygen atoms in total. The Labute approximate surface area is 206 Å². The Morgan fingerprint density at radius 1 is 1.14 bits per heavy atom. The predicted molar refractivity (Wildman–Crippen MR) is 135 cm³/mol. The number of likely N-dealkylation sites (tertiary alicyclic amines) is 1. The van der Waals surface area contributed by atoms with Crippen LogP contribution in [0.5, 0.6) is 5.75 Å². The highest BCUT2D eigenvalue weighted by Gasteiger charge is 2.42. The van der Waals surface area contributed by atoms with Gasteiger partial charge in [0.15, 0.2) is 0 Å². The number of rotatable bonds is 9. The van der Waals surface area contributed by atoms with Gasteiger partial charge >= 0.3 is 0 Å². The van der Waals surface area contributed by atoms with Gasteiger partial charge < -0.3 is 19.7 Å². The molecule has 2 aromatic carbocycles. The van der Waals surface area contributed by atoms with Crippen molar-refractivity contribution in [1.82, 2.24) is 4.90 Å². The molecule has 2 aliphatic heterocycles. The number of carbonyl (C=O) groups excluding carboxylic acids is 1. The summed E-state index contributed by atoms with van der Waals surface area (Å²) in [5, 5.41) is 14.1. The van der Waals surface area contributed by atoms with E-state index in [9.17, 15) is 14.9 Å². The molecule has 0 aliphatic carbocycles. The lowest BCUT2D eigenvalue weighted by Crippen LogP contribution is -2.44. The van der Waals surface area contributed by atoms with Crippen LogP contribution < -0.4 is 10.1 Å². The van der Waals surface area contributed by atoms with E-state index in [-0.39, 0.29) is 11.6 Å². The second kappa shape index (κ2) is 11.6. The van der Waals surface area contributed by atoms with Gasteiger partial charge in [0.25, 0.3) is 5.69 Å². The molecular formula is C27H35N3O5. The molecule has 2 heterocycles.